The van der Waals surface area contributed by atoms with Crippen LogP contribution in [0.25, 0.3) is 0 Å². The fraction of sp³-hybridized carbons (Fsp3) is 0.800. The molecule has 0 unspecified atom stereocenters. The van der Waals surface area contributed by atoms with E-state index in [2.05, 4.69) is 0 Å². The largest absolute Gasteiger partial charge is 0.380 e. The van der Waals surface area contributed by atoms with Gasteiger partial charge in [0.2, 0.25) is 0 Å². The molecule has 48 valence electrons. The minimum atomic E-state index is -0.703. The molecule has 0 heterocycles. The van der Waals surface area contributed by atoms with Crippen molar-refractivity contribution >= 4 is 28.2 Å². The summed E-state index contributed by atoms with van der Waals surface area (Å²) in [6.45, 7) is 5.24. The van der Waals surface area contributed by atoms with Crippen LogP contribution in [0.1, 0.15) is 20.8 Å². The highest BCUT2D eigenvalue weighted by Gasteiger charge is 2.12. The van der Waals surface area contributed by atoms with Crippen molar-refractivity contribution in [2.24, 2.45) is 0 Å². The zero-order chi connectivity index (χ0) is 6.78. The van der Waals surface area contributed by atoms with Gasteiger partial charge in [0.15, 0.2) is 0 Å². The third-order valence-corrected chi connectivity index (χ3v) is 1.43. The van der Waals surface area contributed by atoms with Gasteiger partial charge in [-0.25, -0.2) is 0 Å². The number of thioether (sulfide) groups is 1. The molecule has 1 N–H and O–H groups in total. The van der Waals surface area contributed by atoms with Crippen molar-refractivity contribution in [1.29, 1.82) is 0 Å². The Morgan fingerprint density at radius 1 is 1.62 bits per heavy atom. The minimum Gasteiger partial charge on any atom is -0.380 e. The van der Waals surface area contributed by atoms with Crippen LogP contribution in [-0.4, -0.2) is 14.2 Å². The molecule has 0 aliphatic carbocycles. The molecule has 0 atom stereocenters. The van der Waals surface area contributed by atoms with Gasteiger partial charge in [-0.1, -0.05) is 24.0 Å². The van der Waals surface area contributed by atoms with Crippen LogP contribution in [-0.2, 0) is 0 Å². The van der Waals surface area contributed by atoms with E-state index in [9.17, 15) is 0 Å². The average Bonchev–Trinajstić information content (AvgIpc) is 1.21. The Morgan fingerprint density at radius 2 is 2.00 bits per heavy atom. The average molecular weight is 150 g/mol. The number of hydrogen-bond acceptors (Lipinski definition) is 3. The number of rotatable bonds is 1. The summed E-state index contributed by atoms with van der Waals surface area (Å²) in [5, 5.41) is 9.06. The second kappa shape index (κ2) is 2.80. The highest BCUT2D eigenvalue weighted by atomic mass is 32.2. The predicted octanol–water partition coefficient (Wildman–Crippen LogP) is 1.80. The summed E-state index contributed by atoms with van der Waals surface area (Å²) >= 11 is 6.05. The van der Waals surface area contributed by atoms with E-state index in [4.69, 9.17) is 17.3 Å². The van der Waals surface area contributed by atoms with Gasteiger partial charge in [0.1, 0.15) is 4.93 Å². The van der Waals surface area contributed by atoms with E-state index < -0.39 is 4.93 Å². The number of hydrogen-bond donors (Lipinski definition) is 1. The van der Waals surface area contributed by atoms with E-state index in [0.29, 0.717) is 0 Å². The first-order valence-electron chi connectivity index (χ1n) is 2.34. The fourth-order valence-electron chi connectivity index (χ4n) is 0.352. The maximum absolute atomic E-state index is 9.06. The molecule has 0 aromatic heterocycles. The highest BCUT2D eigenvalue weighted by molar-refractivity contribution is 8.23. The van der Waals surface area contributed by atoms with Crippen molar-refractivity contribution < 1.29 is 5.11 Å². The topological polar surface area (TPSA) is 20.2 Å². The fourth-order valence-corrected chi connectivity index (χ4v) is 1.67. The SMILES string of the molecule is CC(=S)SC(C)(C)O. The van der Waals surface area contributed by atoms with Gasteiger partial charge in [0, 0.05) is 4.20 Å². The lowest BCUT2D eigenvalue weighted by Gasteiger charge is -2.14. The molecule has 8 heavy (non-hydrogen) atoms. The molecule has 0 spiro atoms. The van der Waals surface area contributed by atoms with E-state index in [1.165, 1.54) is 11.8 Å². The van der Waals surface area contributed by atoms with Crippen molar-refractivity contribution in [2.75, 3.05) is 0 Å². The molecule has 0 radical (unpaired) electrons. The van der Waals surface area contributed by atoms with Crippen molar-refractivity contribution in [3.8, 4) is 0 Å². The Hall–Kier alpha value is 0.400. The first-order valence-corrected chi connectivity index (χ1v) is 3.56. The maximum atomic E-state index is 9.06. The van der Waals surface area contributed by atoms with Crippen LogP contribution in [0, 0.1) is 0 Å². The van der Waals surface area contributed by atoms with Crippen molar-refractivity contribution in [3.05, 3.63) is 0 Å². The summed E-state index contributed by atoms with van der Waals surface area (Å²) in [7, 11) is 0. The molecule has 0 aromatic carbocycles. The van der Waals surface area contributed by atoms with Crippen molar-refractivity contribution in [3.63, 3.8) is 0 Å². The molecule has 0 bridgehead atoms. The molecule has 0 fully saturated rings. The van der Waals surface area contributed by atoms with Gasteiger partial charge < -0.3 is 5.11 Å². The van der Waals surface area contributed by atoms with E-state index >= 15 is 0 Å². The van der Waals surface area contributed by atoms with E-state index in [1.807, 2.05) is 0 Å². The number of aliphatic hydroxyl groups is 1. The van der Waals surface area contributed by atoms with Gasteiger partial charge in [-0.05, 0) is 20.8 Å². The quantitative estimate of drug-likeness (QED) is 0.454. The molecule has 0 amide bonds. The van der Waals surface area contributed by atoms with Gasteiger partial charge in [-0.2, -0.15) is 0 Å². The Bertz CT molecular complexity index is 93.1. The molecule has 0 aliphatic rings. The molecule has 1 nitrogen and oxygen atoms in total. The van der Waals surface area contributed by atoms with Crippen LogP contribution in [0.3, 0.4) is 0 Å². The highest BCUT2D eigenvalue weighted by Crippen LogP contribution is 2.21. The molecule has 0 aliphatic heterocycles. The van der Waals surface area contributed by atoms with Crippen molar-refractivity contribution in [1.82, 2.24) is 0 Å². The van der Waals surface area contributed by atoms with E-state index in [-0.39, 0.29) is 0 Å². The van der Waals surface area contributed by atoms with E-state index in [1.54, 1.807) is 20.8 Å². The summed E-state index contributed by atoms with van der Waals surface area (Å²) in [5.74, 6) is 0. The Kier molecular flexibility index (Phi) is 2.94. The van der Waals surface area contributed by atoms with Crippen LogP contribution < -0.4 is 0 Å². The van der Waals surface area contributed by atoms with Gasteiger partial charge in [-0.15, -0.1) is 0 Å². The summed E-state index contributed by atoms with van der Waals surface area (Å²) in [6.07, 6.45) is 0. The third kappa shape index (κ3) is 6.40. The molecule has 0 rings (SSSR count). The van der Waals surface area contributed by atoms with Gasteiger partial charge >= 0.3 is 0 Å². The molecule has 3 heteroatoms. The second-order valence-corrected chi connectivity index (χ2v) is 4.73. The van der Waals surface area contributed by atoms with Crippen LogP contribution >= 0.6 is 24.0 Å². The smallest absolute Gasteiger partial charge is 0.109 e. The van der Waals surface area contributed by atoms with Crippen molar-refractivity contribution in [2.45, 2.75) is 25.7 Å². The zero-order valence-electron chi connectivity index (χ0n) is 5.26. The molecule has 0 saturated carbocycles. The standard InChI is InChI=1S/C5H10OS2/c1-4(7)8-5(2,3)6/h6H,1-3H3. The van der Waals surface area contributed by atoms with Gasteiger partial charge in [-0.3, -0.25) is 0 Å². The first-order chi connectivity index (χ1) is 3.42. The first kappa shape index (κ1) is 8.40. The summed E-state index contributed by atoms with van der Waals surface area (Å²) in [6, 6.07) is 0. The van der Waals surface area contributed by atoms with Crippen LogP contribution in [0.5, 0.6) is 0 Å². The molecule has 0 saturated heterocycles. The minimum absolute atomic E-state index is 0.703. The lowest BCUT2D eigenvalue weighted by atomic mass is 10.5. The Balaban J connectivity index is 3.55. The molecular weight excluding hydrogens is 140 g/mol. The lowest BCUT2D eigenvalue weighted by molar-refractivity contribution is 0.180. The molecular formula is C5H10OS2. The second-order valence-electron chi connectivity index (χ2n) is 2.04. The van der Waals surface area contributed by atoms with Crippen LogP contribution in [0.4, 0.5) is 0 Å². The molecule has 0 aromatic rings. The summed E-state index contributed by atoms with van der Waals surface area (Å²) in [4.78, 5) is -0.703. The zero-order valence-corrected chi connectivity index (χ0v) is 6.90. The lowest BCUT2D eigenvalue weighted by Crippen LogP contribution is -2.13. The Morgan fingerprint density at radius 3 is 2.00 bits per heavy atom. The monoisotopic (exact) mass is 150 g/mol. The third-order valence-electron chi connectivity index (χ3n) is 0.393. The van der Waals surface area contributed by atoms with E-state index in [0.717, 1.165) is 4.20 Å². The normalized spacial score (nSPS) is 11.5. The maximum Gasteiger partial charge on any atom is 0.109 e. The Labute approximate surface area is 59.5 Å². The van der Waals surface area contributed by atoms with Crippen LogP contribution in [0.15, 0.2) is 0 Å². The number of thiocarbonyl (C=S) groups is 1. The predicted molar refractivity (Wildman–Crippen MR) is 42.2 cm³/mol. The summed E-state index contributed by atoms with van der Waals surface area (Å²) in [5.41, 5.74) is 0. The van der Waals surface area contributed by atoms with Gasteiger partial charge in [0.05, 0.1) is 0 Å². The summed E-state index contributed by atoms with van der Waals surface area (Å²) < 4.78 is 0.775. The van der Waals surface area contributed by atoms with Crippen LogP contribution in [0.2, 0.25) is 0 Å². The van der Waals surface area contributed by atoms with Gasteiger partial charge in [0.25, 0.3) is 0 Å².